The maximum absolute atomic E-state index is 12.6. The predicted octanol–water partition coefficient (Wildman–Crippen LogP) is -1.19. The van der Waals surface area contributed by atoms with E-state index in [4.69, 9.17) is 17.2 Å². The summed E-state index contributed by atoms with van der Waals surface area (Å²) < 4.78 is 38.2. The average Bonchev–Trinajstić information content (AvgIpc) is 2.83. The van der Waals surface area contributed by atoms with Gasteiger partial charge < -0.3 is 26.9 Å². The first kappa shape index (κ1) is 26.5. The van der Waals surface area contributed by atoms with Gasteiger partial charge in [-0.1, -0.05) is 36.4 Å². The van der Waals surface area contributed by atoms with E-state index in [0.717, 1.165) is 0 Å². The molecule has 0 bridgehead atoms. The van der Waals surface area contributed by atoms with Gasteiger partial charge in [0.2, 0.25) is 5.72 Å². The third-order valence-corrected chi connectivity index (χ3v) is 6.37. The first-order valence-electron chi connectivity index (χ1n) is 10.6. The van der Waals surface area contributed by atoms with Gasteiger partial charge in [-0.05, 0) is 36.4 Å². The largest absolute Gasteiger partial charge is 1.00 e. The van der Waals surface area contributed by atoms with Crippen LogP contribution in [0.4, 0.5) is 22.9 Å². The second-order valence-corrected chi connectivity index (χ2v) is 9.35. The zero-order chi connectivity index (χ0) is 25.7. The molecule has 0 fully saturated rings. The van der Waals surface area contributed by atoms with Crippen molar-refractivity contribution in [3.63, 3.8) is 0 Å². The van der Waals surface area contributed by atoms with Gasteiger partial charge in [0.1, 0.15) is 5.69 Å². The smallest absolute Gasteiger partial charge is 0.730 e. The Kier molecular flexibility index (Phi) is 6.99. The van der Waals surface area contributed by atoms with Gasteiger partial charge in [0, 0.05) is 33.8 Å². The van der Waals surface area contributed by atoms with Crippen molar-refractivity contribution in [3.05, 3.63) is 95.8 Å². The van der Waals surface area contributed by atoms with Gasteiger partial charge in [-0.25, -0.2) is 27.7 Å². The topological polar surface area (TPSA) is 197 Å². The standard InChI is InChI=1S/C24H21N7O4S.Na/c25-17-7-1-4-14(10-17)20-13-28-21-23(29-20)31(36(33,34)35)22(15-5-2-8-18(26)11-15)30-24(21,32)16-6-3-9-19(27)12-16;/h1-13,32H,25-27H2,(H,33,34,35);/q;+1/p-1. The van der Waals surface area contributed by atoms with Gasteiger partial charge in [0.15, 0.2) is 22.0 Å². The van der Waals surface area contributed by atoms with Crippen LogP contribution in [0, 0.1) is 0 Å². The molecule has 1 atom stereocenters. The van der Waals surface area contributed by atoms with Gasteiger partial charge in [-0.2, -0.15) is 0 Å². The normalized spacial score (nSPS) is 16.9. The molecule has 3 aromatic carbocycles. The van der Waals surface area contributed by atoms with E-state index < -0.39 is 21.8 Å². The Morgan fingerprint density at radius 1 is 0.865 bits per heavy atom. The van der Waals surface area contributed by atoms with E-state index in [0.29, 0.717) is 21.2 Å². The van der Waals surface area contributed by atoms with Crippen LogP contribution in [0.3, 0.4) is 0 Å². The van der Waals surface area contributed by atoms with E-state index in [-0.39, 0.29) is 63.6 Å². The summed E-state index contributed by atoms with van der Waals surface area (Å²) in [7, 11) is -5.25. The van der Waals surface area contributed by atoms with Crippen LogP contribution in [0.15, 0.2) is 84.0 Å². The molecular formula is C24H20N7NaO4S. The number of aliphatic hydroxyl groups is 1. The monoisotopic (exact) mass is 525 g/mol. The minimum absolute atomic E-state index is 0. The van der Waals surface area contributed by atoms with Gasteiger partial charge >= 0.3 is 29.6 Å². The van der Waals surface area contributed by atoms with Crippen molar-refractivity contribution in [3.8, 4) is 11.3 Å². The Morgan fingerprint density at radius 2 is 1.43 bits per heavy atom. The summed E-state index contributed by atoms with van der Waals surface area (Å²) in [6.45, 7) is 0. The Hall–Kier alpha value is -3.52. The van der Waals surface area contributed by atoms with Crippen LogP contribution in [-0.2, 0) is 16.0 Å². The molecule has 2 heterocycles. The average molecular weight is 526 g/mol. The molecule has 37 heavy (non-hydrogen) atoms. The number of anilines is 4. The molecule has 0 radical (unpaired) electrons. The summed E-state index contributed by atoms with van der Waals surface area (Å²) in [6, 6.07) is 19.0. The van der Waals surface area contributed by atoms with E-state index in [1.165, 1.54) is 24.4 Å². The quantitative estimate of drug-likeness (QED) is 0.144. The number of benzene rings is 3. The molecule has 0 saturated heterocycles. The van der Waals surface area contributed by atoms with Gasteiger partial charge in [0.05, 0.1) is 11.9 Å². The van der Waals surface area contributed by atoms with E-state index in [9.17, 15) is 18.1 Å². The van der Waals surface area contributed by atoms with Crippen molar-refractivity contribution < 1.29 is 47.6 Å². The molecule has 1 aromatic heterocycles. The minimum Gasteiger partial charge on any atom is -0.730 e. The second kappa shape index (κ2) is 9.74. The number of nitrogens with two attached hydrogens (primary N) is 3. The summed E-state index contributed by atoms with van der Waals surface area (Å²) in [6.07, 6.45) is 1.33. The van der Waals surface area contributed by atoms with Crippen molar-refractivity contribution in [1.82, 2.24) is 9.97 Å². The van der Waals surface area contributed by atoms with Gasteiger partial charge in [0.25, 0.3) is 0 Å². The zero-order valence-electron chi connectivity index (χ0n) is 19.6. The van der Waals surface area contributed by atoms with Crippen molar-refractivity contribution in [1.29, 1.82) is 0 Å². The summed E-state index contributed by atoms with van der Waals surface area (Å²) in [5.74, 6) is -0.795. The third-order valence-electron chi connectivity index (χ3n) is 5.58. The molecule has 0 spiro atoms. The SMILES string of the molecule is Nc1cccc(C2=NC(O)(c3cccc(N)c3)c3ncc(-c4cccc(N)c4)nc3N2S(=O)(=O)[O-])c1.[Na+]. The Balaban J connectivity index is 0.00000320. The molecule has 5 rings (SSSR count). The molecule has 11 nitrogen and oxygen atoms in total. The molecule has 7 N–H and O–H groups in total. The number of nitrogens with zero attached hydrogens (tertiary/aromatic N) is 4. The van der Waals surface area contributed by atoms with Crippen LogP contribution in [0.5, 0.6) is 0 Å². The van der Waals surface area contributed by atoms with E-state index in [1.54, 1.807) is 54.6 Å². The number of aromatic nitrogens is 2. The van der Waals surface area contributed by atoms with Crippen LogP contribution < -0.4 is 51.1 Å². The molecule has 0 amide bonds. The maximum atomic E-state index is 12.6. The molecule has 182 valence electrons. The number of rotatable bonds is 4. The number of amidine groups is 1. The van der Waals surface area contributed by atoms with Crippen molar-refractivity contribution >= 4 is 39.0 Å². The first-order valence-corrected chi connectivity index (χ1v) is 12.0. The van der Waals surface area contributed by atoms with Crippen molar-refractivity contribution in [2.24, 2.45) is 4.99 Å². The Labute approximate surface area is 234 Å². The van der Waals surface area contributed by atoms with Crippen molar-refractivity contribution in [2.45, 2.75) is 5.72 Å². The number of aliphatic imine (C=N–C) groups is 1. The fourth-order valence-corrected chi connectivity index (χ4v) is 4.68. The first-order chi connectivity index (χ1) is 17.1. The summed E-state index contributed by atoms with van der Waals surface area (Å²) in [5, 5.41) is 11.9. The van der Waals surface area contributed by atoms with E-state index >= 15 is 0 Å². The molecule has 4 aromatic rings. The maximum Gasteiger partial charge on any atom is 1.00 e. The van der Waals surface area contributed by atoms with Crippen LogP contribution in [-0.4, -0.2) is 33.9 Å². The number of fused-ring (bicyclic) bond motifs is 1. The molecule has 1 aliphatic rings. The summed E-state index contributed by atoms with van der Waals surface area (Å²) in [5.41, 5.74) is 17.4. The Morgan fingerprint density at radius 3 is 2.03 bits per heavy atom. The fourth-order valence-electron chi connectivity index (χ4n) is 3.98. The van der Waals surface area contributed by atoms with Gasteiger partial charge in [-0.3, -0.25) is 0 Å². The van der Waals surface area contributed by atoms with E-state index in [2.05, 4.69) is 15.0 Å². The molecule has 0 aliphatic carbocycles. The predicted molar refractivity (Wildman–Crippen MR) is 135 cm³/mol. The van der Waals surface area contributed by atoms with E-state index in [1.807, 2.05) is 0 Å². The summed E-state index contributed by atoms with van der Waals surface area (Å²) >= 11 is 0. The fraction of sp³-hybridized carbons (Fsp3) is 0.0417. The van der Waals surface area contributed by atoms with Crippen molar-refractivity contribution in [2.75, 3.05) is 21.5 Å². The number of hydrogen-bond donors (Lipinski definition) is 4. The Bertz CT molecular complexity index is 1650. The number of hydrogen-bond acceptors (Lipinski definition) is 10. The summed E-state index contributed by atoms with van der Waals surface area (Å²) in [4.78, 5) is 13.1. The minimum atomic E-state index is -5.25. The van der Waals surface area contributed by atoms with Crippen LogP contribution in [0.2, 0.25) is 0 Å². The van der Waals surface area contributed by atoms with Crippen LogP contribution in [0.25, 0.3) is 11.3 Å². The molecular weight excluding hydrogens is 505 g/mol. The van der Waals surface area contributed by atoms with Crippen LogP contribution in [0.1, 0.15) is 16.8 Å². The molecule has 1 aliphatic heterocycles. The third kappa shape index (κ3) is 4.90. The zero-order valence-corrected chi connectivity index (χ0v) is 22.4. The van der Waals surface area contributed by atoms with Crippen LogP contribution >= 0.6 is 0 Å². The molecule has 0 saturated carbocycles. The number of nitrogen functional groups attached to an aromatic ring is 3. The second-order valence-electron chi connectivity index (χ2n) is 8.13. The van der Waals surface area contributed by atoms with Gasteiger partial charge in [-0.15, -0.1) is 0 Å². The molecule has 1 unspecified atom stereocenters. The molecule has 13 heteroatoms.